The molecule has 0 aromatic heterocycles. The Hall–Kier alpha value is -2.73. The Morgan fingerprint density at radius 2 is 1.30 bits per heavy atom. The van der Waals surface area contributed by atoms with E-state index in [2.05, 4.69) is 28.6 Å². The number of benzene rings is 2. The van der Waals surface area contributed by atoms with Crippen molar-refractivity contribution in [3.63, 3.8) is 0 Å². The van der Waals surface area contributed by atoms with Crippen molar-refractivity contribution in [2.75, 3.05) is 23.3 Å². The Balaban J connectivity index is 1.99. The lowest BCUT2D eigenvalue weighted by atomic mass is 9.98. The van der Waals surface area contributed by atoms with Gasteiger partial charge in [-0.05, 0) is 105 Å². The number of allylic oxidation sites excluding steroid dienone is 1. The number of carbonyl (C=O) groups is 1. The van der Waals surface area contributed by atoms with Crippen molar-refractivity contribution >= 4 is 37.3 Å². The molecule has 1 heterocycles. The van der Waals surface area contributed by atoms with Crippen LogP contribution >= 0.6 is 0 Å². The van der Waals surface area contributed by atoms with Gasteiger partial charge < -0.3 is 10.2 Å². The number of nitrogens with one attached hydrogen (secondary N) is 3. The normalized spacial score (nSPS) is 15.2. The summed E-state index contributed by atoms with van der Waals surface area (Å²) in [4.78, 5) is 15.7. The molecule has 40 heavy (non-hydrogen) atoms. The summed E-state index contributed by atoms with van der Waals surface area (Å²) in [5, 5.41) is 2.80. The molecule has 11 heteroatoms. The maximum atomic E-state index is 13.6. The van der Waals surface area contributed by atoms with Crippen molar-refractivity contribution in [2.45, 2.75) is 89.1 Å². The molecule has 1 aliphatic heterocycles. The van der Waals surface area contributed by atoms with Crippen LogP contribution in [-0.2, 0) is 20.0 Å². The fraction of sp³-hybridized carbons (Fsp3) is 0.483. The fourth-order valence-electron chi connectivity index (χ4n) is 4.51. The van der Waals surface area contributed by atoms with Gasteiger partial charge in [-0.25, -0.2) is 26.3 Å². The van der Waals surface area contributed by atoms with Gasteiger partial charge in [-0.3, -0.25) is 4.79 Å². The van der Waals surface area contributed by atoms with Crippen LogP contribution in [0.25, 0.3) is 0 Å². The molecule has 9 nitrogen and oxygen atoms in total. The molecule has 0 saturated carbocycles. The summed E-state index contributed by atoms with van der Waals surface area (Å²) in [6, 6.07) is 10.5. The van der Waals surface area contributed by atoms with E-state index in [0.29, 0.717) is 30.0 Å². The van der Waals surface area contributed by atoms with Gasteiger partial charge in [0.15, 0.2) is 0 Å². The minimum absolute atomic E-state index is 0.0282. The first-order valence-corrected chi connectivity index (χ1v) is 16.3. The third kappa shape index (κ3) is 8.39. The molecule has 2 aromatic rings. The highest BCUT2D eigenvalue weighted by molar-refractivity contribution is 7.89. The van der Waals surface area contributed by atoms with Gasteiger partial charge in [0.05, 0.1) is 21.0 Å². The Kier molecular flexibility index (Phi) is 9.25. The molecule has 3 rings (SSSR count). The van der Waals surface area contributed by atoms with Gasteiger partial charge in [-0.15, -0.1) is 0 Å². The number of hydrogen-bond donors (Lipinski definition) is 3. The number of amides is 1. The van der Waals surface area contributed by atoms with E-state index in [1.54, 1.807) is 59.7 Å². The summed E-state index contributed by atoms with van der Waals surface area (Å²) in [5.74, 6) is -0.464. The van der Waals surface area contributed by atoms with Crippen LogP contribution in [0.5, 0.6) is 0 Å². The molecule has 1 fully saturated rings. The van der Waals surface area contributed by atoms with Crippen LogP contribution < -0.4 is 19.7 Å². The second-order valence-electron chi connectivity index (χ2n) is 12.5. The molecular formula is C29H42N4O5S2. The number of nitrogens with zero attached hydrogens (tertiary/aromatic N) is 1. The predicted molar refractivity (Wildman–Crippen MR) is 161 cm³/mol. The highest BCUT2D eigenvalue weighted by Crippen LogP contribution is 2.31. The van der Waals surface area contributed by atoms with E-state index >= 15 is 0 Å². The topological polar surface area (TPSA) is 125 Å². The summed E-state index contributed by atoms with van der Waals surface area (Å²) in [6.07, 6.45) is 1.64. The molecule has 0 atom stereocenters. The van der Waals surface area contributed by atoms with Gasteiger partial charge in [0.1, 0.15) is 0 Å². The Bertz CT molecular complexity index is 1500. The van der Waals surface area contributed by atoms with Crippen LogP contribution in [0.15, 0.2) is 63.4 Å². The first-order chi connectivity index (χ1) is 18.3. The van der Waals surface area contributed by atoms with E-state index in [4.69, 9.17) is 0 Å². The lowest BCUT2D eigenvalue weighted by Gasteiger charge is -2.33. The monoisotopic (exact) mass is 590 g/mol. The van der Waals surface area contributed by atoms with E-state index in [0.717, 1.165) is 12.8 Å². The lowest BCUT2D eigenvalue weighted by molar-refractivity contribution is 0.102. The third-order valence-electron chi connectivity index (χ3n) is 6.22. The minimum atomic E-state index is -3.83. The number of hydrogen-bond acceptors (Lipinski definition) is 6. The first-order valence-electron chi connectivity index (χ1n) is 13.3. The Labute approximate surface area is 239 Å². The van der Waals surface area contributed by atoms with Gasteiger partial charge in [0, 0.05) is 29.9 Å². The lowest BCUT2D eigenvalue weighted by Crippen LogP contribution is -2.40. The number of sulfonamides is 2. The quantitative estimate of drug-likeness (QED) is 0.389. The Morgan fingerprint density at radius 1 is 0.775 bits per heavy atom. The largest absolute Gasteiger partial charge is 0.370 e. The van der Waals surface area contributed by atoms with Crippen molar-refractivity contribution in [3.8, 4) is 0 Å². The molecule has 220 valence electrons. The SMILES string of the molecule is CC(C)=C1CCN(c2cc(S(=O)(=O)NC(C)(C)C)ccc2C(=O)Nc2cccc(S(=O)(=O)NC(C)(C)C)c2)CC1. The molecule has 2 aromatic carbocycles. The van der Waals surface area contributed by atoms with Gasteiger partial charge >= 0.3 is 0 Å². The molecule has 0 spiro atoms. The summed E-state index contributed by atoms with van der Waals surface area (Å²) in [5.41, 5.74) is 2.42. The molecule has 0 radical (unpaired) electrons. The van der Waals surface area contributed by atoms with Crippen molar-refractivity contribution < 1.29 is 21.6 Å². The number of rotatable bonds is 7. The van der Waals surface area contributed by atoms with Crippen LogP contribution in [0, 0.1) is 0 Å². The molecule has 0 aliphatic carbocycles. The number of anilines is 2. The maximum absolute atomic E-state index is 13.6. The van der Waals surface area contributed by atoms with Gasteiger partial charge in [-0.2, -0.15) is 0 Å². The standard InChI is InChI=1S/C29H42N4O5S2/c1-20(2)21-14-16-33(17-15-21)26-19-24(40(37,38)32-29(6,7)8)12-13-25(26)27(34)30-22-10-9-11-23(18-22)39(35,36)31-28(3,4)5/h9-13,18-19,31-32H,14-17H2,1-8H3,(H,30,34). The zero-order valence-electron chi connectivity index (χ0n) is 24.7. The van der Waals surface area contributed by atoms with E-state index in [1.165, 1.54) is 35.4 Å². The summed E-state index contributed by atoms with van der Waals surface area (Å²) in [6.45, 7) is 16.0. The predicted octanol–water partition coefficient (Wildman–Crippen LogP) is 5.03. The molecule has 1 aliphatic rings. The highest BCUT2D eigenvalue weighted by atomic mass is 32.2. The summed E-state index contributed by atoms with van der Waals surface area (Å²) in [7, 11) is -7.64. The Morgan fingerprint density at radius 3 is 1.80 bits per heavy atom. The minimum Gasteiger partial charge on any atom is -0.370 e. The van der Waals surface area contributed by atoms with Crippen molar-refractivity contribution in [3.05, 3.63) is 59.2 Å². The number of piperidine rings is 1. The van der Waals surface area contributed by atoms with Crippen molar-refractivity contribution in [1.29, 1.82) is 0 Å². The van der Waals surface area contributed by atoms with Crippen LogP contribution in [0.1, 0.15) is 78.6 Å². The first kappa shape index (κ1) is 31.8. The van der Waals surface area contributed by atoms with Crippen LogP contribution in [0.2, 0.25) is 0 Å². The molecular weight excluding hydrogens is 548 g/mol. The zero-order chi connectivity index (χ0) is 30.1. The smallest absolute Gasteiger partial charge is 0.257 e. The number of carbonyl (C=O) groups excluding carboxylic acids is 1. The second-order valence-corrected chi connectivity index (χ2v) is 15.8. The second kappa shape index (κ2) is 11.6. The van der Waals surface area contributed by atoms with E-state index in [-0.39, 0.29) is 9.79 Å². The van der Waals surface area contributed by atoms with Crippen LogP contribution in [0.4, 0.5) is 11.4 Å². The van der Waals surface area contributed by atoms with Gasteiger partial charge in [-0.1, -0.05) is 17.2 Å². The van der Waals surface area contributed by atoms with Gasteiger partial charge in [0.2, 0.25) is 20.0 Å². The zero-order valence-corrected chi connectivity index (χ0v) is 26.3. The van der Waals surface area contributed by atoms with Crippen molar-refractivity contribution in [2.24, 2.45) is 0 Å². The third-order valence-corrected chi connectivity index (χ3v) is 9.73. The summed E-state index contributed by atoms with van der Waals surface area (Å²) >= 11 is 0. The average Bonchev–Trinajstić information content (AvgIpc) is 2.81. The van der Waals surface area contributed by atoms with Crippen LogP contribution in [0.3, 0.4) is 0 Å². The van der Waals surface area contributed by atoms with E-state index < -0.39 is 37.0 Å². The van der Waals surface area contributed by atoms with E-state index in [1.807, 2.05) is 4.90 Å². The summed E-state index contributed by atoms with van der Waals surface area (Å²) < 4.78 is 57.2. The van der Waals surface area contributed by atoms with Gasteiger partial charge in [0.25, 0.3) is 5.91 Å². The van der Waals surface area contributed by atoms with Crippen molar-refractivity contribution in [1.82, 2.24) is 9.44 Å². The highest BCUT2D eigenvalue weighted by Gasteiger charge is 2.27. The van der Waals surface area contributed by atoms with E-state index in [9.17, 15) is 21.6 Å². The molecule has 0 bridgehead atoms. The maximum Gasteiger partial charge on any atom is 0.257 e. The molecule has 0 unspecified atom stereocenters. The molecule has 3 N–H and O–H groups in total. The molecule has 1 saturated heterocycles. The van der Waals surface area contributed by atoms with Crippen LogP contribution in [-0.4, -0.2) is 46.9 Å². The fourth-order valence-corrected chi connectivity index (χ4v) is 7.42. The molecule has 1 amide bonds. The average molecular weight is 591 g/mol.